The van der Waals surface area contributed by atoms with Gasteiger partial charge in [0.25, 0.3) is 0 Å². The summed E-state index contributed by atoms with van der Waals surface area (Å²) < 4.78 is 18.8. The minimum atomic E-state index is -0.227. The van der Waals surface area contributed by atoms with Gasteiger partial charge in [-0.25, -0.2) is 4.39 Å². The van der Waals surface area contributed by atoms with E-state index in [-0.39, 0.29) is 11.7 Å². The van der Waals surface area contributed by atoms with Crippen LogP contribution in [0.2, 0.25) is 0 Å². The lowest BCUT2D eigenvalue weighted by Gasteiger charge is -2.07. The van der Waals surface area contributed by atoms with Crippen molar-refractivity contribution in [3.63, 3.8) is 0 Å². The van der Waals surface area contributed by atoms with Gasteiger partial charge in [-0.1, -0.05) is 30.3 Å². The SMILES string of the molecule is CCOc1ccc(CNC(=O)CSCc2ccccc2F)cc1. The average Bonchev–Trinajstić information content (AvgIpc) is 2.56. The van der Waals surface area contributed by atoms with Gasteiger partial charge in [0.1, 0.15) is 11.6 Å². The summed E-state index contributed by atoms with van der Waals surface area (Å²) in [5, 5.41) is 2.86. The van der Waals surface area contributed by atoms with Gasteiger partial charge >= 0.3 is 0 Å². The molecule has 0 fully saturated rings. The first kappa shape index (κ1) is 17.3. The molecule has 3 nitrogen and oxygen atoms in total. The lowest BCUT2D eigenvalue weighted by atomic mass is 10.2. The Morgan fingerprint density at radius 1 is 1.17 bits per heavy atom. The van der Waals surface area contributed by atoms with Crippen LogP contribution in [0, 0.1) is 5.82 Å². The Balaban J connectivity index is 1.69. The molecule has 2 aromatic carbocycles. The molecule has 122 valence electrons. The van der Waals surface area contributed by atoms with Crippen LogP contribution in [0.5, 0.6) is 5.75 Å². The van der Waals surface area contributed by atoms with Gasteiger partial charge in [-0.3, -0.25) is 4.79 Å². The smallest absolute Gasteiger partial charge is 0.230 e. The molecule has 1 N–H and O–H groups in total. The molecule has 2 aromatic rings. The summed E-state index contributed by atoms with van der Waals surface area (Å²) in [4.78, 5) is 11.8. The third kappa shape index (κ3) is 5.94. The number of thioether (sulfide) groups is 1. The number of amides is 1. The van der Waals surface area contributed by atoms with E-state index in [2.05, 4.69) is 5.32 Å². The summed E-state index contributed by atoms with van der Waals surface area (Å²) in [6.07, 6.45) is 0. The van der Waals surface area contributed by atoms with Gasteiger partial charge in [-0.2, -0.15) is 0 Å². The average molecular weight is 333 g/mol. The standard InChI is InChI=1S/C18H20FNO2S/c1-2-22-16-9-7-14(8-10-16)11-20-18(21)13-23-12-15-5-3-4-6-17(15)19/h3-10H,2,11-13H2,1H3,(H,20,21). The molecular formula is C18H20FNO2S. The Bertz CT molecular complexity index is 631. The summed E-state index contributed by atoms with van der Waals surface area (Å²) in [5.74, 6) is 1.34. The van der Waals surface area contributed by atoms with Gasteiger partial charge in [0.15, 0.2) is 0 Å². The Hall–Kier alpha value is -2.01. The number of halogens is 1. The topological polar surface area (TPSA) is 38.3 Å². The summed E-state index contributed by atoms with van der Waals surface area (Å²) >= 11 is 1.40. The van der Waals surface area contributed by atoms with E-state index in [9.17, 15) is 9.18 Å². The molecule has 1 amide bonds. The minimum Gasteiger partial charge on any atom is -0.494 e. The fourth-order valence-electron chi connectivity index (χ4n) is 1.99. The van der Waals surface area contributed by atoms with Crippen LogP contribution in [0.1, 0.15) is 18.1 Å². The molecule has 0 aliphatic rings. The molecule has 0 saturated carbocycles. The first-order chi connectivity index (χ1) is 11.2. The number of carbonyl (C=O) groups excluding carboxylic acids is 1. The van der Waals surface area contributed by atoms with Gasteiger partial charge in [0.2, 0.25) is 5.91 Å². The minimum absolute atomic E-state index is 0.0553. The maximum atomic E-state index is 13.4. The third-order valence-electron chi connectivity index (χ3n) is 3.17. The van der Waals surface area contributed by atoms with Gasteiger partial charge in [-0.05, 0) is 36.2 Å². The lowest BCUT2D eigenvalue weighted by molar-refractivity contribution is -0.118. The molecule has 0 bridgehead atoms. The van der Waals surface area contributed by atoms with Crippen LogP contribution >= 0.6 is 11.8 Å². The number of hydrogen-bond donors (Lipinski definition) is 1. The van der Waals surface area contributed by atoms with Crippen molar-refractivity contribution in [2.24, 2.45) is 0 Å². The van der Waals surface area contributed by atoms with Crippen molar-refractivity contribution in [3.8, 4) is 5.75 Å². The van der Waals surface area contributed by atoms with Crippen molar-refractivity contribution in [1.29, 1.82) is 0 Å². The number of ether oxygens (including phenoxy) is 1. The van der Waals surface area contributed by atoms with E-state index in [1.165, 1.54) is 17.8 Å². The highest BCUT2D eigenvalue weighted by Crippen LogP contribution is 2.15. The monoisotopic (exact) mass is 333 g/mol. The predicted octanol–water partition coefficient (Wildman–Crippen LogP) is 3.77. The van der Waals surface area contributed by atoms with E-state index >= 15 is 0 Å². The van der Waals surface area contributed by atoms with E-state index in [1.54, 1.807) is 18.2 Å². The summed E-state index contributed by atoms with van der Waals surface area (Å²) in [6.45, 7) is 3.05. The van der Waals surface area contributed by atoms with Crippen molar-refractivity contribution in [1.82, 2.24) is 5.32 Å². The molecule has 0 aliphatic heterocycles. The maximum absolute atomic E-state index is 13.4. The zero-order chi connectivity index (χ0) is 16.5. The van der Waals surface area contributed by atoms with Crippen molar-refractivity contribution < 1.29 is 13.9 Å². The molecule has 0 radical (unpaired) electrons. The summed E-state index contributed by atoms with van der Waals surface area (Å²) in [7, 11) is 0. The Labute approximate surface area is 140 Å². The molecule has 0 spiro atoms. The van der Waals surface area contributed by atoms with E-state index < -0.39 is 0 Å². The third-order valence-corrected chi connectivity index (χ3v) is 4.15. The van der Waals surface area contributed by atoms with Gasteiger partial charge in [0.05, 0.1) is 12.4 Å². The molecule has 0 unspecified atom stereocenters. The zero-order valence-electron chi connectivity index (χ0n) is 13.0. The molecule has 0 heterocycles. The van der Waals surface area contributed by atoms with E-state index in [0.717, 1.165) is 11.3 Å². The van der Waals surface area contributed by atoms with E-state index in [1.807, 2.05) is 31.2 Å². The van der Waals surface area contributed by atoms with Crippen LogP contribution in [-0.2, 0) is 17.1 Å². The molecular weight excluding hydrogens is 313 g/mol. The first-order valence-corrected chi connectivity index (χ1v) is 8.64. The van der Waals surface area contributed by atoms with Crippen LogP contribution < -0.4 is 10.1 Å². The second kappa shape index (κ2) is 9.20. The number of nitrogens with one attached hydrogen (secondary N) is 1. The number of benzene rings is 2. The lowest BCUT2D eigenvalue weighted by Crippen LogP contribution is -2.24. The Morgan fingerprint density at radius 2 is 1.91 bits per heavy atom. The second-order valence-corrected chi connectivity index (χ2v) is 5.92. The molecule has 0 atom stereocenters. The molecule has 0 saturated heterocycles. The molecule has 0 aromatic heterocycles. The van der Waals surface area contributed by atoms with Crippen LogP contribution in [0.4, 0.5) is 4.39 Å². The largest absolute Gasteiger partial charge is 0.494 e. The molecule has 2 rings (SSSR count). The van der Waals surface area contributed by atoms with Crippen molar-refractivity contribution in [3.05, 3.63) is 65.5 Å². The molecule has 23 heavy (non-hydrogen) atoms. The number of rotatable bonds is 8. The summed E-state index contributed by atoms with van der Waals surface area (Å²) in [5.41, 5.74) is 1.64. The van der Waals surface area contributed by atoms with E-state index in [0.29, 0.717) is 30.2 Å². The predicted molar refractivity (Wildman–Crippen MR) is 92.0 cm³/mol. The van der Waals surface area contributed by atoms with Crippen LogP contribution in [-0.4, -0.2) is 18.3 Å². The fraction of sp³-hybridized carbons (Fsp3) is 0.278. The van der Waals surface area contributed by atoms with Crippen LogP contribution in [0.3, 0.4) is 0 Å². The van der Waals surface area contributed by atoms with Crippen LogP contribution in [0.25, 0.3) is 0 Å². The van der Waals surface area contributed by atoms with Crippen LogP contribution in [0.15, 0.2) is 48.5 Å². The van der Waals surface area contributed by atoms with Crippen molar-refractivity contribution in [2.45, 2.75) is 19.2 Å². The fourth-order valence-corrected chi connectivity index (χ4v) is 2.83. The van der Waals surface area contributed by atoms with Gasteiger partial charge < -0.3 is 10.1 Å². The summed E-state index contributed by atoms with van der Waals surface area (Å²) in [6, 6.07) is 14.3. The van der Waals surface area contributed by atoms with Crippen molar-refractivity contribution in [2.75, 3.05) is 12.4 Å². The Kier molecular flexibility index (Phi) is 6.94. The molecule has 0 aliphatic carbocycles. The second-order valence-electron chi connectivity index (χ2n) is 4.94. The van der Waals surface area contributed by atoms with E-state index in [4.69, 9.17) is 4.74 Å². The Morgan fingerprint density at radius 3 is 2.61 bits per heavy atom. The first-order valence-electron chi connectivity index (χ1n) is 7.48. The quantitative estimate of drug-likeness (QED) is 0.799. The van der Waals surface area contributed by atoms with Crippen molar-refractivity contribution >= 4 is 17.7 Å². The maximum Gasteiger partial charge on any atom is 0.230 e. The highest BCUT2D eigenvalue weighted by molar-refractivity contribution is 7.99. The van der Waals surface area contributed by atoms with Gasteiger partial charge in [-0.15, -0.1) is 11.8 Å². The molecule has 5 heteroatoms. The van der Waals surface area contributed by atoms with Gasteiger partial charge in [0, 0.05) is 12.3 Å². The highest BCUT2D eigenvalue weighted by atomic mass is 32.2. The number of carbonyl (C=O) groups is 1. The normalized spacial score (nSPS) is 10.3. The highest BCUT2D eigenvalue weighted by Gasteiger charge is 2.05. The zero-order valence-corrected chi connectivity index (χ0v) is 13.9. The number of hydrogen-bond acceptors (Lipinski definition) is 3.